The molecule has 0 aromatic heterocycles. The van der Waals surface area contributed by atoms with Crippen LogP contribution in [0.25, 0.3) is 0 Å². The normalized spacial score (nSPS) is 22.6. The van der Waals surface area contributed by atoms with Gasteiger partial charge in [-0.25, -0.2) is 9.18 Å². The molecule has 2 aromatic rings. The fourth-order valence-corrected chi connectivity index (χ4v) is 3.42. The minimum absolute atomic E-state index is 0.278. The summed E-state index contributed by atoms with van der Waals surface area (Å²) in [5, 5.41) is 9.67. The van der Waals surface area contributed by atoms with Crippen molar-refractivity contribution in [1.29, 1.82) is 0 Å². The van der Waals surface area contributed by atoms with Crippen LogP contribution in [0.2, 0.25) is 0 Å². The molecule has 0 amide bonds. The number of anilines is 1. The zero-order valence-electron chi connectivity index (χ0n) is 13.1. The summed E-state index contributed by atoms with van der Waals surface area (Å²) in [5.74, 6) is -0.598. The van der Waals surface area contributed by atoms with Gasteiger partial charge < -0.3 is 14.7 Å². The number of carbonyl (C=O) groups excluding carboxylic acids is 1. The number of aliphatic hydroxyl groups is 1. The molecule has 124 valence electrons. The Morgan fingerprint density at radius 3 is 2.71 bits per heavy atom. The van der Waals surface area contributed by atoms with Crippen LogP contribution in [0, 0.1) is 5.82 Å². The Morgan fingerprint density at radius 2 is 2.00 bits per heavy atom. The highest BCUT2D eigenvalue weighted by Gasteiger charge is 2.32. The molecule has 1 N–H and O–H groups in total. The smallest absolute Gasteiger partial charge is 0.339 e. The summed E-state index contributed by atoms with van der Waals surface area (Å²) in [6.07, 6.45) is 0.628. The molecule has 2 heterocycles. The molecule has 1 saturated heterocycles. The molecule has 1 unspecified atom stereocenters. The van der Waals surface area contributed by atoms with Crippen LogP contribution in [0.5, 0.6) is 0 Å². The molecule has 5 heteroatoms. The Hall–Kier alpha value is -2.40. The van der Waals surface area contributed by atoms with Gasteiger partial charge in [0.2, 0.25) is 0 Å². The van der Waals surface area contributed by atoms with Gasteiger partial charge in [-0.15, -0.1) is 0 Å². The molecule has 2 atom stereocenters. The van der Waals surface area contributed by atoms with Crippen molar-refractivity contribution < 1.29 is 19.0 Å². The maximum absolute atomic E-state index is 13.0. The van der Waals surface area contributed by atoms with Crippen molar-refractivity contribution in [2.45, 2.75) is 25.0 Å². The van der Waals surface area contributed by atoms with Crippen molar-refractivity contribution in [3.05, 3.63) is 65.0 Å². The topological polar surface area (TPSA) is 49.8 Å². The Kier molecular flexibility index (Phi) is 3.73. The first-order chi connectivity index (χ1) is 11.6. The van der Waals surface area contributed by atoms with Gasteiger partial charge in [-0.3, -0.25) is 0 Å². The average molecular weight is 327 g/mol. The van der Waals surface area contributed by atoms with Crippen LogP contribution in [0.1, 0.15) is 34.0 Å². The first-order valence-electron chi connectivity index (χ1n) is 8.12. The Bertz CT molecular complexity index is 775. The van der Waals surface area contributed by atoms with E-state index in [4.69, 9.17) is 4.74 Å². The highest BCUT2D eigenvalue weighted by Crippen LogP contribution is 2.36. The van der Waals surface area contributed by atoms with Crippen LogP contribution in [-0.4, -0.2) is 30.3 Å². The van der Waals surface area contributed by atoms with Gasteiger partial charge in [-0.2, -0.15) is 0 Å². The van der Waals surface area contributed by atoms with Crippen molar-refractivity contribution in [1.82, 2.24) is 0 Å². The summed E-state index contributed by atoms with van der Waals surface area (Å²) < 4.78 is 18.5. The molecular weight excluding hydrogens is 309 g/mol. The molecule has 0 aliphatic carbocycles. The second-order valence-corrected chi connectivity index (χ2v) is 6.38. The van der Waals surface area contributed by atoms with E-state index in [1.54, 1.807) is 12.1 Å². The summed E-state index contributed by atoms with van der Waals surface area (Å²) in [4.78, 5) is 14.3. The lowest BCUT2D eigenvalue weighted by atomic mass is 9.98. The third-order valence-electron chi connectivity index (χ3n) is 4.72. The van der Waals surface area contributed by atoms with Gasteiger partial charge in [0.25, 0.3) is 0 Å². The Balaban J connectivity index is 1.57. The number of aliphatic hydroxyl groups excluding tert-OH is 1. The van der Waals surface area contributed by atoms with Gasteiger partial charge in [0.1, 0.15) is 11.9 Å². The van der Waals surface area contributed by atoms with E-state index in [2.05, 4.69) is 4.90 Å². The number of halogens is 1. The van der Waals surface area contributed by atoms with Crippen molar-refractivity contribution in [3.8, 4) is 0 Å². The lowest BCUT2D eigenvalue weighted by molar-refractivity contribution is 0.0387. The number of nitrogens with zero attached hydrogens (tertiary/aromatic N) is 1. The molecule has 0 saturated carbocycles. The summed E-state index contributed by atoms with van der Waals surface area (Å²) in [7, 11) is 0. The van der Waals surface area contributed by atoms with Gasteiger partial charge in [-0.05, 0) is 36.2 Å². The van der Waals surface area contributed by atoms with Gasteiger partial charge in [0.05, 0.1) is 11.7 Å². The Morgan fingerprint density at radius 1 is 1.21 bits per heavy atom. The number of cyclic esters (lactones) is 1. The molecule has 1 fully saturated rings. The highest BCUT2D eigenvalue weighted by molar-refractivity contribution is 5.95. The largest absolute Gasteiger partial charge is 0.454 e. The minimum Gasteiger partial charge on any atom is -0.454 e. The molecule has 2 aliphatic heterocycles. The fraction of sp³-hybridized carbons (Fsp3) is 0.316. The average Bonchev–Trinajstić information content (AvgIpc) is 3.14. The van der Waals surface area contributed by atoms with Crippen molar-refractivity contribution in [2.75, 3.05) is 18.0 Å². The maximum Gasteiger partial charge on any atom is 0.339 e. The predicted octanol–water partition coefficient (Wildman–Crippen LogP) is 2.85. The number of rotatable bonds is 3. The summed E-state index contributed by atoms with van der Waals surface area (Å²) >= 11 is 0. The molecule has 4 nitrogen and oxygen atoms in total. The maximum atomic E-state index is 13.0. The van der Waals surface area contributed by atoms with E-state index in [1.165, 1.54) is 12.1 Å². The standard InChI is InChI=1S/C19H18FNO3/c20-13-3-1-12(2-4-13)9-18-16-6-5-14(10-17(16)19(23)24-18)21-8-7-15(22)11-21/h1-6,10,15,18,22H,7-9,11H2/t15-,18?/m1/s1. The first-order valence-corrected chi connectivity index (χ1v) is 8.12. The van der Waals surface area contributed by atoms with Gasteiger partial charge >= 0.3 is 5.97 Å². The van der Waals surface area contributed by atoms with Gasteiger partial charge in [0.15, 0.2) is 0 Å². The Labute approximate surface area is 139 Å². The van der Waals surface area contributed by atoms with E-state index < -0.39 is 0 Å². The highest BCUT2D eigenvalue weighted by atomic mass is 19.1. The second-order valence-electron chi connectivity index (χ2n) is 6.38. The number of fused-ring (bicyclic) bond motifs is 1. The molecule has 4 rings (SSSR count). The van der Waals surface area contributed by atoms with E-state index in [-0.39, 0.29) is 24.0 Å². The zero-order chi connectivity index (χ0) is 16.7. The number of hydrogen-bond acceptors (Lipinski definition) is 4. The molecular formula is C19H18FNO3. The van der Waals surface area contributed by atoms with Crippen molar-refractivity contribution in [2.24, 2.45) is 0 Å². The molecule has 2 aliphatic rings. The van der Waals surface area contributed by atoms with E-state index in [0.29, 0.717) is 18.5 Å². The third kappa shape index (κ3) is 2.76. The van der Waals surface area contributed by atoms with E-state index >= 15 is 0 Å². The van der Waals surface area contributed by atoms with E-state index in [1.807, 2.05) is 18.2 Å². The monoisotopic (exact) mass is 327 g/mol. The molecule has 0 radical (unpaired) electrons. The summed E-state index contributed by atoms with van der Waals surface area (Å²) in [5.41, 5.74) is 3.31. The van der Waals surface area contributed by atoms with Crippen LogP contribution < -0.4 is 4.90 Å². The SMILES string of the molecule is O=C1OC(Cc2ccc(F)cc2)c2ccc(N3CC[C@@H](O)C3)cc21. The number of benzene rings is 2. The number of β-amino-alcohol motifs (C(OH)–C–C–N with tert-alkyl or cyclic N) is 1. The fourth-order valence-electron chi connectivity index (χ4n) is 3.42. The summed E-state index contributed by atoms with van der Waals surface area (Å²) in [6.45, 7) is 1.38. The van der Waals surface area contributed by atoms with Crippen LogP contribution >= 0.6 is 0 Å². The quantitative estimate of drug-likeness (QED) is 0.881. The third-order valence-corrected chi connectivity index (χ3v) is 4.72. The lowest BCUT2D eigenvalue weighted by Gasteiger charge is -2.18. The predicted molar refractivity (Wildman–Crippen MR) is 87.5 cm³/mol. The van der Waals surface area contributed by atoms with Crippen molar-refractivity contribution >= 4 is 11.7 Å². The minimum atomic E-state index is -0.337. The number of hydrogen-bond donors (Lipinski definition) is 1. The van der Waals surface area contributed by atoms with Crippen LogP contribution in [0.3, 0.4) is 0 Å². The van der Waals surface area contributed by atoms with E-state index in [0.717, 1.165) is 29.8 Å². The van der Waals surface area contributed by atoms with Gasteiger partial charge in [0, 0.05) is 30.8 Å². The van der Waals surface area contributed by atoms with Gasteiger partial charge in [-0.1, -0.05) is 18.2 Å². The second kappa shape index (κ2) is 5.91. The number of carbonyl (C=O) groups is 1. The van der Waals surface area contributed by atoms with E-state index in [9.17, 15) is 14.3 Å². The number of esters is 1. The van der Waals surface area contributed by atoms with Crippen LogP contribution in [0.4, 0.5) is 10.1 Å². The molecule has 0 spiro atoms. The number of ether oxygens (including phenoxy) is 1. The van der Waals surface area contributed by atoms with Crippen molar-refractivity contribution in [3.63, 3.8) is 0 Å². The molecule has 24 heavy (non-hydrogen) atoms. The van der Waals surface area contributed by atoms with Crippen LogP contribution in [0.15, 0.2) is 42.5 Å². The molecule has 0 bridgehead atoms. The molecule has 2 aromatic carbocycles. The lowest BCUT2D eigenvalue weighted by Crippen LogP contribution is -2.21. The summed E-state index contributed by atoms with van der Waals surface area (Å²) in [6, 6.07) is 12.0. The first kappa shape index (κ1) is 15.1. The zero-order valence-corrected chi connectivity index (χ0v) is 13.1. The van der Waals surface area contributed by atoms with Crippen LogP contribution in [-0.2, 0) is 11.2 Å².